The van der Waals surface area contributed by atoms with Crippen molar-refractivity contribution >= 4 is 5.57 Å². The van der Waals surface area contributed by atoms with Crippen molar-refractivity contribution in [2.24, 2.45) is 0 Å². The second-order valence-corrected chi connectivity index (χ2v) is 3.02. The summed E-state index contributed by atoms with van der Waals surface area (Å²) in [6.45, 7) is 14.0. The number of aromatic nitrogens is 1. The van der Waals surface area contributed by atoms with Crippen molar-refractivity contribution in [1.82, 2.24) is 5.16 Å². The Labute approximate surface area is 93.4 Å². The Kier molecular flexibility index (Phi) is 6.76. The molecular formula is C13H23NO. The van der Waals surface area contributed by atoms with Crippen molar-refractivity contribution in [2.45, 2.75) is 53.9 Å². The van der Waals surface area contributed by atoms with Crippen LogP contribution in [0.15, 0.2) is 11.1 Å². The average molecular weight is 209 g/mol. The second-order valence-electron chi connectivity index (χ2n) is 3.02. The highest BCUT2D eigenvalue weighted by atomic mass is 16.5. The number of allylic oxidation sites excluding steroid dienone is 1. The molecule has 15 heavy (non-hydrogen) atoms. The maximum absolute atomic E-state index is 5.15. The van der Waals surface area contributed by atoms with Gasteiger partial charge in [-0.3, -0.25) is 0 Å². The molecule has 2 rings (SSSR count). The third kappa shape index (κ3) is 3.22. The van der Waals surface area contributed by atoms with E-state index >= 15 is 0 Å². The second kappa shape index (κ2) is 7.27. The Morgan fingerprint density at radius 3 is 2.27 bits per heavy atom. The molecule has 0 aliphatic heterocycles. The molecular weight excluding hydrogens is 186 g/mol. The largest absolute Gasteiger partial charge is 0.360 e. The first-order chi connectivity index (χ1) is 7.29. The topological polar surface area (TPSA) is 26.0 Å². The quantitative estimate of drug-likeness (QED) is 0.633. The Hall–Kier alpha value is -1.05. The van der Waals surface area contributed by atoms with Crippen LogP contribution in [0.1, 0.15) is 57.6 Å². The van der Waals surface area contributed by atoms with Gasteiger partial charge in [0, 0.05) is 12.0 Å². The third-order valence-electron chi connectivity index (χ3n) is 2.17. The molecule has 1 aliphatic carbocycles. The molecule has 0 spiro atoms. The highest BCUT2D eigenvalue weighted by Crippen LogP contribution is 2.31. The molecule has 1 aromatic rings. The van der Waals surface area contributed by atoms with Crippen LogP contribution in [-0.2, 0) is 6.42 Å². The van der Waals surface area contributed by atoms with Crippen molar-refractivity contribution in [2.75, 3.05) is 0 Å². The molecule has 2 heteroatoms. The van der Waals surface area contributed by atoms with Gasteiger partial charge >= 0.3 is 0 Å². The lowest BCUT2D eigenvalue weighted by molar-refractivity contribution is 0.375. The molecule has 0 amide bonds. The Morgan fingerprint density at radius 1 is 1.13 bits per heavy atom. The van der Waals surface area contributed by atoms with Crippen LogP contribution in [0, 0.1) is 6.92 Å². The molecule has 2 nitrogen and oxygen atoms in total. The van der Waals surface area contributed by atoms with Crippen LogP contribution < -0.4 is 0 Å². The summed E-state index contributed by atoms with van der Waals surface area (Å²) in [5, 5.41) is 3.91. The van der Waals surface area contributed by atoms with E-state index in [1.165, 1.54) is 11.1 Å². The van der Waals surface area contributed by atoms with E-state index < -0.39 is 0 Å². The van der Waals surface area contributed by atoms with Gasteiger partial charge in [-0.1, -0.05) is 39.4 Å². The smallest absolute Gasteiger partial charge is 0.144 e. The molecule has 0 saturated heterocycles. The first-order valence-corrected chi connectivity index (χ1v) is 5.92. The fourth-order valence-electron chi connectivity index (χ4n) is 1.63. The van der Waals surface area contributed by atoms with Gasteiger partial charge in [0.25, 0.3) is 0 Å². The predicted octanol–water partition coefficient (Wildman–Crippen LogP) is 4.38. The minimum Gasteiger partial charge on any atom is -0.360 e. The Bertz CT molecular complexity index is 299. The van der Waals surface area contributed by atoms with Crippen LogP contribution in [0.25, 0.3) is 5.57 Å². The summed E-state index contributed by atoms with van der Waals surface area (Å²) in [6, 6.07) is 0. The van der Waals surface area contributed by atoms with E-state index in [-0.39, 0.29) is 0 Å². The van der Waals surface area contributed by atoms with E-state index in [1.54, 1.807) is 0 Å². The number of rotatable bonds is 0. The fourth-order valence-corrected chi connectivity index (χ4v) is 1.63. The van der Waals surface area contributed by atoms with E-state index in [0.717, 1.165) is 30.7 Å². The zero-order valence-corrected chi connectivity index (χ0v) is 10.7. The minimum atomic E-state index is 0.990. The van der Waals surface area contributed by atoms with Crippen LogP contribution >= 0.6 is 0 Å². The number of nitrogens with zero attached hydrogens (tertiary/aromatic N) is 1. The van der Waals surface area contributed by atoms with E-state index in [0.29, 0.717) is 0 Å². The molecule has 0 aromatic carbocycles. The van der Waals surface area contributed by atoms with Crippen LogP contribution in [0.2, 0.25) is 0 Å². The SMILES string of the molecule is C=C1CCCc2onc(C)c21.CC.CC. The van der Waals surface area contributed by atoms with Gasteiger partial charge in [-0.15, -0.1) is 0 Å². The van der Waals surface area contributed by atoms with Gasteiger partial charge in [-0.05, 0) is 25.3 Å². The molecule has 0 saturated carbocycles. The molecule has 0 fully saturated rings. The minimum absolute atomic E-state index is 0.990. The summed E-state index contributed by atoms with van der Waals surface area (Å²) >= 11 is 0. The molecule has 1 heterocycles. The van der Waals surface area contributed by atoms with Crippen molar-refractivity contribution < 1.29 is 4.52 Å². The number of hydrogen-bond donors (Lipinski definition) is 0. The van der Waals surface area contributed by atoms with Gasteiger partial charge in [-0.25, -0.2) is 0 Å². The predicted molar refractivity (Wildman–Crippen MR) is 65.9 cm³/mol. The first kappa shape index (κ1) is 13.9. The maximum atomic E-state index is 5.15. The van der Waals surface area contributed by atoms with E-state index in [1.807, 2.05) is 34.6 Å². The monoisotopic (exact) mass is 209 g/mol. The molecule has 0 bridgehead atoms. The number of aryl methyl sites for hydroxylation is 2. The zero-order valence-electron chi connectivity index (χ0n) is 10.7. The van der Waals surface area contributed by atoms with Gasteiger partial charge in [0.15, 0.2) is 0 Å². The first-order valence-electron chi connectivity index (χ1n) is 5.92. The van der Waals surface area contributed by atoms with Gasteiger partial charge < -0.3 is 4.52 Å². The molecule has 1 aromatic heterocycles. The molecule has 0 radical (unpaired) electrons. The third-order valence-corrected chi connectivity index (χ3v) is 2.17. The fraction of sp³-hybridized carbons (Fsp3) is 0.615. The van der Waals surface area contributed by atoms with E-state index in [2.05, 4.69) is 11.7 Å². The normalized spacial score (nSPS) is 13.0. The molecule has 86 valence electrons. The van der Waals surface area contributed by atoms with Crippen molar-refractivity contribution in [1.29, 1.82) is 0 Å². The van der Waals surface area contributed by atoms with Crippen molar-refractivity contribution in [3.05, 3.63) is 23.6 Å². The van der Waals surface area contributed by atoms with Crippen LogP contribution in [0.3, 0.4) is 0 Å². The summed E-state index contributed by atoms with van der Waals surface area (Å²) in [6.07, 6.45) is 3.27. The molecule has 1 aliphatic rings. The molecule has 0 unspecified atom stereocenters. The standard InChI is InChI=1S/C9H11NO.2C2H6/c1-6-4-3-5-8-9(6)7(2)10-11-8;2*1-2/h1,3-5H2,2H3;2*1-2H3. The number of hydrogen-bond acceptors (Lipinski definition) is 2. The van der Waals surface area contributed by atoms with Crippen LogP contribution in [-0.4, -0.2) is 5.16 Å². The average Bonchev–Trinajstić information content (AvgIpc) is 2.68. The molecule has 0 N–H and O–H groups in total. The highest BCUT2D eigenvalue weighted by Gasteiger charge is 2.19. The zero-order chi connectivity index (χ0) is 11.8. The van der Waals surface area contributed by atoms with Crippen LogP contribution in [0.5, 0.6) is 0 Å². The van der Waals surface area contributed by atoms with E-state index in [4.69, 9.17) is 4.52 Å². The van der Waals surface area contributed by atoms with Gasteiger partial charge in [-0.2, -0.15) is 0 Å². The Morgan fingerprint density at radius 2 is 1.73 bits per heavy atom. The summed E-state index contributed by atoms with van der Waals surface area (Å²) in [5.74, 6) is 1.03. The Balaban J connectivity index is 0.000000442. The summed E-state index contributed by atoms with van der Waals surface area (Å²) in [4.78, 5) is 0. The molecule has 0 atom stereocenters. The van der Waals surface area contributed by atoms with Crippen molar-refractivity contribution in [3.8, 4) is 0 Å². The van der Waals surface area contributed by atoms with Gasteiger partial charge in [0.05, 0.1) is 5.69 Å². The van der Waals surface area contributed by atoms with Gasteiger partial charge in [0.2, 0.25) is 0 Å². The van der Waals surface area contributed by atoms with Crippen LogP contribution in [0.4, 0.5) is 0 Å². The summed E-state index contributed by atoms with van der Waals surface area (Å²) < 4.78 is 5.15. The lowest BCUT2D eigenvalue weighted by Crippen LogP contribution is -1.98. The lowest BCUT2D eigenvalue weighted by Gasteiger charge is -2.10. The lowest BCUT2D eigenvalue weighted by atomic mass is 9.93. The highest BCUT2D eigenvalue weighted by molar-refractivity contribution is 5.67. The summed E-state index contributed by atoms with van der Waals surface area (Å²) in [7, 11) is 0. The van der Waals surface area contributed by atoms with Crippen molar-refractivity contribution in [3.63, 3.8) is 0 Å². The number of fused-ring (bicyclic) bond motifs is 1. The van der Waals surface area contributed by atoms with E-state index in [9.17, 15) is 0 Å². The maximum Gasteiger partial charge on any atom is 0.144 e. The van der Waals surface area contributed by atoms with Gasteiger partial charge in [0.1, 0.15) is 5.76 Å². The summed E-state index contributed by atoms with van der Waals surface area (Å²) in [5.41, 5.74) is 3.35.